The van der Waals surface area contributed by atoms with E-state index in [1.54, 1.807) is 0 Å². The highest BCUT2D eigenvalue weighted by Gasteiger charge is 2.28. The number of sulfonamides is 1. The number of piperidine rings is 1. The fourth-order valence-electron chi connectivity index (χ4n) is 3.73. The molecular formula is C23H26N4O4S. The van der Waals surface area contributed by atoms with Crippen molar-refractivity contribution in [2.75, 3.05) is 18.4 Å². The Morgan fingerprint density at radius 2 is 1.84 bits per heavy atom. The number of benzene rings is 2. The van der Waals surface area contributed by atoms with Crippen LogP contribution in [0, 0.1) is 19.8 Å². The Labute approximate surface area is 187 Å². The van der Waals surface area contributed by atoms with Gasteiger partial charge in [-0.25, -0.2) is 8.42 Å². The highest BCUT2D eigenvalue weighted by atomic mass is 32.2. The smallest absolute Gasteiger partial charge is 0.322 e. The Kier molecular flexibility index (Phi) is 6.12. The third kappa shape index (κ3) is 4.58. The number of anilines is 1. The summed E-state index contributed by atoms with van der Waals surface area (Å²) in [7, 11) is -3.57. The van der Waals surface area contributed by atoms with E-state index in [-0.39, 0.29) is 10.9 Å². The number of rotatable bonds is 5. The first kappa shape index (κ1) is 22.2. The van der Waals surface area contributed by atoms with Crippen LogP contribution in [0.25, 0.3) is 11.5 Å². The lowest BCUT2D eigenvalue weighted by molar-refractivity contribution is 0.102. The van der Waals surface area contributed by atoms with Crippen LogP contribution in [0.3, 0.4) is 0 Å². The predicted octanol–water partition coefficient (Wildman–Crippen LogP) is 4.03. The zero-order valence-electron chi connectivity index (χ0n) is 18.3. The zero-order chi connectivity index (χ0) is 22.9. The van der Waals surface area contributed by atoms with Crippen molar-refractivity contribution in [3.8, 4) is 11.5 Å². The van der Waals surface area contributed by atoms with Crippen LogP contribution in [0.15, 0.2) is 51.8 Å². The number of hydrogen-bond donors (Lipinski definition) is 1. The van der Waals surface area contributed by atoms with E-state index in [9.17, 15) is 13.2 Å². The molecule has 2 aromatic carbocycles. The molecule has 1 saturated heterocycles. The summed E-state index contributed by atoms with van der Waals surface area (Å²) in [5, 5.41) is 10.4. The normalized spacial score (nSPS) is 17.3. The lowest BCUT2D eigenvalue weighted by Crippen LogP contribution is -2.39. The zero-order valence-corrected chi connectivity index (χ0v) is 19.1. The standard InChI is InChI=1S/C23H26N4O4S/c1-15-5-4-12-27(14-15)32(29,30)20-10-8-18(9-11-20)21(28)24-23-26-25-22(31-23)19-7-6-16(2)17(3)13-19/h6-11,13,15H,4-5,12,14H2,1-3H3,(H,24,26,28). The summed E-state index contributed by atoms with van der Waals surface area (Å²) in [6.45, 7) is 7.10. The summed E-state index contributed by atoms with van der Waals surface area (Å²) in [5.74, 6) is 0.183. The van der Waals surface area contributed by atoms with Crippen LogP contribution in [-0.2, 0) is 10.0 Å². The van der Waals surface area contributed by atoms with Crippen LogP contribution in [0.5, 0.6) is 0 Å². The molecule has 9 heteroatoms. The Morgan fingerprint density at radius 3 is 2.53 bits per heavy atom. The molecule has 0 bridgehead atoms. The highest BCUT2D eigenvalue weighted by Crippen LogP contribution is 2.25. The SMILES string of the molecule is Cc1ccc(-c2nnc(NC(=O)c3ccc(S(=O)(=O)N4CCCC(C)C4)cc3)o2)cc1C. The molecule has 1 N–H and O–H groups in total. The van der Waals surface area contributed by atoms with Crippen LogP contribution in [0.2, 0.25) is 0 Å². The first-order chi connectivity index (χ1) is 15.2. The molecule has 4 rings (SSSR count). The first-order valence-electron chi connectivity index (χ1n) is 10.6. The average molecular weight is 455 g/mol. The molecule has 1 aliphatic heterocycles. The minimum Gasteiger partial charge on any atom is -0.403 e. The highest BCUT2D eigenvalue weighted by molar-refractivity contribution is 7.89. The van der Waals surface area contributed by atoms with Gasteiger partial charge in [-0.05, 0) is 80.1 Å². The minimum absolute atomic E-state index is 0.0257. The maximum atomic E-state index is 12.9. The Hall–Kier alpha value is -3.04. The van der Waals surface area contributed by atoms with Gasteiger partial charge in [-0.2, -0.15) is 4.31 Å². The van der Waals surface area contributed by atoms with E-state index in [0.29, 0.717) is 30.5 Å². The van der Waals surface area contributed by atoms with Crippen LogP contribution < -0.4 is 5.32 Å². The van der Waals surface area contributed by atoms with Crippen molar-refractivity contribution in [1.82, 2.24) is 14.5 Å². The predicted molar refractivity (Wildman–Crippen MR) is 121 cm³/mol. The Morgan fingerprint density at radius 1 is 1.09 bits per heavy atom. The van der Waals surface area contributed by atoms with Gasteiger partial charge in [0.15, 0.2) is 0 Å². The summed E-state index contributed by atoms with van der Waals surface area (Å²) < 4.78 is 32.8. The number of aryl methyl sites for hydroxylation is 2. The Bertz CT molecular complexity index is 1240. The van der Waals surface area contributed by atoms with Gasteiger partial charge in [-0.3, -0.25) is 10.1 Å². The lowest BCUT2D eigenvalue weighted by atomic mass is 10.0. The van der Waals surface area contributed by atoms with Crippen molar-refractivity contribution >= 4 is 21.9 Å². The summed E-state index contributed by atoms with van der Waals surface area (Å²) in [6, 6.07) is 11.6. The quantitative estimate of drug-likeness (QED) is 0.624. The molecule has 0 aliphatic carbocycles. The lowest BCUT2D eigenvalue weighted by Gasteiger charge is -2.30. The largest absolute Gasteiger partial charge is 0.403 e. The van der Waals surface area contributed by atoms with E-state index in [1.807, 2.05) is 32.0 Å². The summed E-state index contributed by atoms with van der Waals surface area (Å²) in [4.78, 5) is 12.7. The molecule has 1 amide bonds. The topological polar surface area (TPSA) is 105 Å². The van der Waals surface area contributed by atoms with E-state index in [4.69, 9.17) is 4.42 Å². The van der Waals surface area contributed by atoms with Crippen LogP contribution in [0.4, 0.5) is 6.01 Å². The van der Waals surface area contributed by atoms with Crippen LogP contribution in [0.1, 0.15) is 41.3 Å². The summed E-state index contributed by atoms with van der Waals surface area (Å²) >= 11 is 0. The summed E-state index contributed by atoms with van der Waals surface area (Å²) in [5.41, 5.74) is 3.31. The third-order valence-corrected chi connectivity index (χ3v) is 7.65. The second kappa shape index (κ2) is 8.84. The van der Waals surface area contributed by atoms with Gasteiger partial charge in [0.1, 0.15) is 0 Å². The fraction of sp³-hybridized carbons (Fsp3) is 0.348. The van der Waals surface area contributed by atoms with Gasteiger partial charge < -0.3 is 4.42 Å². The Balaban J connectivity index is 1.45. The van der Waals surface area contributed by atoms with E-state index in [1.165, 1.54) is 28.6 Å². The molecule has 0 saturated carbocycles. The second-order valence-electron chi connectivity index (χ2n) is 8.30. The number of carbonyl (C=O) groups is 1. The minimum atomic E-state index is -3.57. The van der Waals surface area contributed by atoms with Crippen molar-refractivity contribution in [2.24, 2.45) is 5.92 Å². The van der Waals surface area contributed by atoms with Gasteiger partial charge in [0.05, 0.1) is 4.90 Å². The van der Waals surface area contributed by atoms with E-state index in [0.717, 1.165) is 29.5 Å². The van der Waals surface area contributed by atoms with Crippen molar-refractivity contribution in [1.29, 1.82) is 0 Å². The molecular weight excluding hydrogens is 428 g/mol. The number of hydrogen-bond acceptors (Lipinski definition) is 6. The van der Waals surface area contributed by atoms with E-state index >= 15 is 0 Å². The molecule has 2 heterocycles. The van der Waals surface area contributed by atoms with Gasteiger partial charge in [0, 0.05) is 24.2 Å². The number of aromatic nitrogens is 2. The van der Waals surface area contributed by atoms with Crippen molar-refractivity contribution in [3.05, 3.63) is 59.2 Å². The molecule has 168 valence electrons. The molecule has 1 unspecified atom stereocenters. The second-order valence-corrected chi connectivity index (χ2v) is 10.2. The number of nitrogens with one attached hydrogen (secondary N) is 1. The van der Waals surface area contributed by atoms with Crippen LogP contribution in [-0.4, -0.2) is 41.9 Å². The number of carbonyl (C=O) groups excluding carboxylic acids is 1. The average Bonchev–Trinajstić information content (AvgIpc) is 3.24. The maximum absolute atomic E-state index is 12.9. The van der Waals surface area contributed by atoms with E-state index in [2.05, 4.69) is 22.4 Å². The molecule has 8 nitrogen and oxygen atoms in total. The van der Waals surface area contributed by atoms with Gasteiger partial charge in [-0.1, -0.05) is 18.1 Å². The van der Waals surface area contributed by atoms with E-state index < -0.39 is 15.9 Å². The van der Waals surface area contributed by atoms with Crippen molar-refractivity contribution < 1.29 is 17.6 Å². The summed E-state index contributed by atoms with van der Waals surface area (Å²) in [6.07, 6.45) is 1.89. The number of amides is 1. The van der Waals surface area contributed by atoms with Gasteiger partial charge >= 0.3 is 6.01 Å². The molecule has 32 heavy (non-hydrogen) atoms. The van der Waals surface area contributed by atoms with Gasteiger partial charge in [0.2, 0.25) is 15.9 Å². The molecule has 1 aliphatic rings. The third-order valence-electron chi connectivity index (χ3n) is 5.77. The maximum Gasteiger partial charge on any atom is 0.322 e. The molecule has 0 radical (unpaired) electrons. The molecule has 3 aromatic rings. The molecule has 1 fully saturated rings. The number of nitrogens with zero attached hydrogens (tertiary/aromatic N) is 3. The van der Waals surface area contributed by atoms with Gasteiger partial charge in [-0.15, -0.1) is 5.10 Å². The van der Waals surface area contributed by atoms with Gasteiger partial charge in [0.25, 0.3) is 5.91 Å². The van der Waals surface area contributed by atoms with Crippen molar-refractivity contribution in [3.63, 3.8) is 0 Å². The van der Waals surface area contributed by atoms with Crippen LogP contribution >= 0.6 is 0 Å². The monoisotopic (exact) mass is 454 g/mol. The van der Waals surface area contributed by atoms with Crippen molar-refractivity contribution in [2.45, 2.75) is 38.5 Å². The molecule has 0 spiro atoms. The fourth-order valence-corrected chi connectivity index (χ4v) is 5.32. The molecule has 1 aromatic heterocycles. The molecule has 1 atom stereocenters. The first-order valence-corrected chi connectivity index (χ1v) is 12.0.